The van der Waals surface area contributed by atoms with Crippen molar-refractivity contribution in [2.24, 2.45) is 0 Å². The van der Waals surface area contributed by atoms with Crippen molar-refractivity contribution in [2.75, 3.05) is 19.8 Å². The van der Waals surface area contributed by atoms with E-state index in [9.17, 15) is 4.79 Å². The number of rotatable bonds is 6. The van der Waals surface area contributed by atoms with Crippen LogP contribution in [0.3, 0.4) is 0 Å². The van der Waals surface area contributed by atoms with Gasteiger partial charge >= 0.3 is 0 Å². The number of aromatic hydroxyl groups is 1. The normalized spacial score (nSPS) is 9.94. The van der Waals surface area contributed by atoms with Gasteiger partial charge in [0.25, 0.3) is 5.91 Å². The molecule has 0 aromatic carbocycles. The standard InChI is InChI=1S/C12H16N2O3/c1-9(2)8-17-4-3-14-12(16)10-5-11(15)7-13-6-10/h5-7,15H,1,3-4,8H2,2H3,(H,14,16). The minimum atomic E-state index is -0.285. The number of pyridine rings is 1. The molecule has 0 saturated carbocycles. The van der Waals surface area contributed by atoms with Crippen LogP contribution in [0, 0.1) is 0 Å². The maximum Gasteiger partial charge on any atom is 0.253 e. The molecule has 0 unspecified atom stereocenters. The van der Waals surface area contributed by atoms with Crippen LogP contribution in [0.4, 0.5) is 0 Å². The van der Waals surface area contributed by atoms with E-state index in [0.717, 1.165) is 5.57 Å². The van der Waals surface area contributed by atoms with E-state index in [1.165, 1.54) is 18.5 Å². The maximum atomic E-state index is 11.6. The molecule has 0 saturated heterocycles. The third-order valence-electron chi connectivity index (χ3n) is 1.87. The number of carbonyl (C=O) groups is 1. The van der Waals surface area contributed by atoms with Crippen LogP contribution in [0.5, 0.6) is 5.75 Å². The van der Waals surface area contributed by atoms with Crippen LogP contribution in [-0.2, 0) is 4.74 Å². The average molecular weight is 236 g/mol. The molecule has 0 aliphatic heterocycles. The summed E-state index contributed by atoms with van der Waals surface area (Å²) >= 11 is 0. The summed E-state index contributed by atoms with van der Waals surface area (Å²) in [6.07, 6.45) is 2.66. The van der Waals surface area contributed by atoms with E-state index in [0.29, 0.717) is 25.3 Å². The quantitative estimate of drug-likeness (QED) is 0.573. The predicted octanol–water partition coefficient (Wildman–Crippen LogP) is 1.11. The lowest BCUT2D eigenvalue weighted by molar-refractivity contribution is 0.0926. The van der Waals surface area contributed by atoms with Gasteiger partial charge in [-0.25, -0.2) is 0 Å². The Balaban J connectivity index is 2.28. The molecular formula is C12H16N2O3. The van der Waals surface area contributed by atoms with Crippen molar-refractivity contribution in [1.29, 1.82) is 0 Å². The summed E-state index contributed by atoms with van der Waals surface area (Å²) in [7, 11) is 0. The lowest BCUT2D eigenvalue weighted by Gasteiger charge is -2.06. The van der Waals surface area contributed by atoms with Crippen molar-refractivity contribution >= 4 is 5.91 Å². The lowest BCUT2D eigenvalue weighted by Crippen LogP contribution is -2.27. The second-order valence-corrected chi connectivity index (χ2v) is 3.70. The summed E-state index contributed by atoms with van der Waals surface area (Å²) in [5, 5.41) is 11.8. The third-order valence-corrected chi connectivity index (χ3v) is 1.87. The van der Waals surface area contributed by atoms with Gasteiger partial charge in [-0.15, -0.1) is 0 Å². The Morgan fingerprint density at radius 3 is 3.00 bits per heavy atom. The molecule has 5 heteroatoms. The molecule has 0 bridgehead atoms. The van der Waals surface area contributed by atoms with Crippen molar-refractivity contribution < 1.29 is 14.6 Å². The lowest BCUT2D eigenvalue weighted by atomic mass is 10.2. The van der Waals surface area contributed by atoms with Crippen molar-refractivity contribution in [3.8, 4) is 5.75 Å². The number of ether oxygens (including phenoxy) is 1. The fourth-order valence-corrected chi connectivity index (χ4v) is 1.14. The van der Waals surface area contributed by atoms with Crippen LogP contribution < -0.4 is 5.32 Å². The molecule has 0 atom stereocenters. The Hall–Kier alpha value is -1.88. The van der Waals surface area contributed by atoms with Crippen molar-refractivity contribution in [3.63, 3.8) is 0 Å². The summed E-state index contributed by atoms with van der Waals surface area (Å²) in [5.41, 5.74) is 1.26. The van der Waals surface area contributed by atoms with Gasteiger partial charge in [0.15, 0.2) is 0 Å². The number of aromatic nitrogens is 1. The summed E-state index contributed by atoms with van der Waals surface area (Å²) in [5.74, 6) is -0.316. The molecule has 0 spiro atoms. The minimum absolute atomic E-state index is 0.0313. The van der Waals surface area contributed by atoms with Crippen molar-refractivity contribution in [2.45, 2.75) is 6.92 Å². The van der Waals surface area contributed by atoms with Crippen LogP contribution in [-0.4, -0.2) is 35.8 Å². The van der Waals surface area contributed by atoms with Gasteiger partial charge in [0.1, 0.15) is 5.75 Å². The molecule has 0 radical (unpaired) electrons. The molecule has 0 fully saturated rings. The monoisotopic (exact) mass is 236 g/mol. The zero-order chi connectivity index (χ0) is 12.7. The Kier molecular flexibility index (Phi) is 5.16. The van der Waals surface area contributed by atoms with E-state index >= 15 is 0 Å². The highest BCUT2D eigenvalue weighted by Gasteiger charge is 2.05. The Morgan fingerprint density at radius 1 is 1.59 bits per heavy atom. The van der Waals surface area contributed by atoms with Gasteiger partial charge in [-0.05, 0) is 13.0 Å². The van der Waals surface area contributed by atoms with Gasteiger partial charge in [-0.2, -0.15) is 0 Å². The summed E-state index contributed by atoms with van der Waals surface area (Å²) in [6.45, 7) is 6.88. The Morgan fingerprint density at radius 2 is 2.35 bits per heavy atom. The zero-order valence-electron chi connectivity index (χ0n) is 9.77. The van der Waals surface area contributed by atoms with E-state index in [1.807, 2.05) is 6.92 Å². The van der Waals surface area contributed by atoms with E-state index < -0.39 is 0 Å². The van der Waals surface area contributed by atoms with Crippen molar-refractivity contribution in [3.05, 3.63) is 36.2 Å². The molecule has 5 nitrogen and oxygen atoms in total. The minimum Gasteiger partial charge on any atom is -0.506 e. The first-order valence-corrected chi connectivity index (χ1v) is 5.24. The molecular weight excluding hydrogens is 220 g/mol. The number of hydrogen-bond donors (Lipinski definition) is 2. The second-order valence-electron chi connectivity index (χ2n) is 3.70. The molecule has 17 heavy (non-hydrogen) atoms. The summed E-state index contributed by atoms with van der Waals surface area (Å²) < 4.78 is 5.23. The van der Waals surface area contributed by atoms with Gasteiger partial charge in [0, 0.05) is 12.7 Å². The van der Waals surface area contributed by atoms with Crippen LogP contribution in [0.15, 0.2) is 30.6 Å². The molecule has 1 heterocycles. The SMILES string of the molecule is C=C(C)COCCNC(=O)c1cncc(O)c1. The molecule has 1 aromatic rings. The third kappa shape index (κ3) is 5.12. The second kappa shape index (κ2) is 6.65. The first-order chi connectivity index (χ1) is 8.09. The van der Waals surface area contributed by atoms with E-state index in [4.69, 9.17) is 9.84 Å². The smallest absolute Gasteiger partial charge is 0.253 e. The van der Waals surface area contributed by atoms with E-state index in [1.54, 1.807) is 0 Å². The number of carbonyl (C=O) groups excluding carboxylic acids is 1. The first kappa shape index (κ1) is 13.2. The molecule has 92 valence electrons. The largest absolute Gasteiger partial charge is 0.506 e. The zero-order valence-corrected chi connectivity index (χ0v) is 9.77. The van der Waals surface area contributed by atoms with Gasteiger partial charge < -0.3 is 15.2 Å². The molecule has 1 rings (SSSR count). The van der Waals surface area contributed by atoms with Crippen LogP contribution in [0.25, 0.3) is 0 Å². The van der Waals surface area contributed by atoms with Crippen LogP contribution in [0.2, 0.25) is 0 Å². The maximum absolute atomic E-state index is 11.6. The van der Waals surface area contributed by atoms with Gasteiger partial charge in [0.2, 0.25) is 0 Å². The first-order valence-electron chi connectivity index (χ1n) is 5.24. The number of amides is 1. The number of hydrogen-bond acceptors (Lipinski definition) is 4. The fourth-order valence-electron chi connectivity index (χ4n) is 1.14. The topological polar surface area (TPSA) is 71.5 Å². The molecule has 2 N–H and O–H groups in total. The average Bonchev–Trinajstić information content (AvgIpc) is 2.28. The van der Waals surface area contributed by atoms with E-state index in [-0.39, 0.29) is 11.7 Å². The van der Waals surface area contributed by atoms with Crippen LogP contribution in [0.1, 0.15) is 17.3 Å². The van der Waals surface area contributed by atoms with E-state index in [2.05, 4.69) is 16.9 Å². The molecule has 1 aromatic heterocycles. The Bertz CT molecular complexity index is 404. The van der Waals surface area contributed by atoms with Crippen LogP contribution >= 0.6 is 0 Å². The fraction of sp³-hybridized carbons (Fsp3) is 0.333. The highest BCUT2D eigenvalue weighted by atomic mass is 16.5. The molecule has 0 aliphatic carbocycles. The highest BCUT2D eigenvalue weighted by molar-refractivity contribution is 5.94. The highest BCUT2D eigenvalue weighted by Crippen LogP contribution is 2.07. The molecule has 0 aliphatic rings. The number of nitrogens with zero attached hydrogens (tertiary/aromatic N) is 1. The van der Waals surface area contributed by atoms with Gasteiger partial charge in [0.05, 0.1) is 25.0 Å². The predicted molar refractivity (Wildman–Crippen MR) is 63.9 cm³/mol. The molecule has 1 amide bonds. The van der Waals surface area contributed by atoms with Gasteiger partial charge in [-0.3, -0.25) is 9.78 Å². The van der Waals surface area contributed by atoms with Crippen molar-refractivity contribution in [1.82, 2.24) is 10.3 Å². The van der Waals surface area contributed by atoms with Gasteiger partial charge in [-0.1, -0.05) is 12.2 Å². The number of nitrogens with one attached hydrogen (secondary N) is 1. The summed E-state index contributed by atoms with van der Waals surface area (Å²) in [6, 6.07) is 1.36. The summed E-state index contributed by atoms with van der Waals surface area (Å²) in [4.78, 5) is 15.3. The Labute approximate surface area is 100 Å².